The molecule has 6 heteroatoms. The van der Waals surface area contributed by atoms with Crippen LogP contribution in [0.3, 0.4) is 0 Å². The first kappa shape index (κ1) is 21.8. The van der Waals surface area contributed by atoms with Crippen molar-refractivity contribution in [1.82, 2.24) is 10.2 Å². The lowest BCUT2D eigenvalue weighted by atomic mass is 9.78. The van der Waals surface area contributed by atoms with Crippen LogP contribution in [0.25, 0.3) is 11.1 Å². The third-order valence-electron chi connectivity index (χ3n) is 7.51. The van der Waals surface area contributed by atoms with E-state index in [0.717, 1.165) is 60.5 Å². The van der Waals surface area contributed by atoms with Crippen LogP contribution in [-0.2, 0) is 4.74 Å². The fourth-order valence-electron chi connectivity index (χ4n) is 5.37. The Hall–Kier alpha value is -3.04. The summed E-state index contributed by atoms with van der Waals surface area (Å²) in [4.78, 5) is 15.3. The average Bonchev–Trinajstić information content (AvgIpc) is 2.82. The van der Waals surface area contributed by atoms with E-state index in [1.54, 1.807) is 0 Å². The number of nitrogens with one attached hydrogen (secondary N) is 1. The zero-order valence-electron chi connectivity index (χ0n) is 19.6. The molecule has 0 saturated carbocycles. The molecule has 6 nitrogen and oxygen atoms in total. The number of carbonyl (C=O) groups excluding carboxylic acids is 1. The molecule has 2 aromatic rings. The largest absolute Gasteiger partial charge is 0.493 e. The molecule has 2 bridgehead atoms. The molecule has 0 aromatic heterocycles. The van der Waals surface area contributed by atoms with Crippen LogP contribution < -0.4 is 10.1 Å². The highest BCUT2D eigenvalue weighted by atomic mass is 16.6. The van der Waals surface area contributed by atoms with Gasteiger partial charge in [0.15, 0.2) is 0 Å². The average molecular weight is 446 g/mol. The number of piperidine rings is 3. The molecule has 4 aliphatic rings. The predicted molar refractivity (Wildman–Crippen MR) is 126 cm³/mol. The van der Waals surface area contributed by atoms with Crippen molar-refractivity contribution in [3.05, 3.63) is 53.1 Å². The Balaban J connectivity index is 1.37. The lowest BCUT2D eigenvalue weighted by Gasteiger charge is -2.44. The van der Waals surface area contributed by atoms with Gasteiger partial charge in [-0.2, -0.15) is 5.26 Å². The Morgan fingerprint density at radius 1 is 1.18 bits per heavy atom. The summed E-state index contributed by atoms with van der Waals surface area (Å²) in [7, 11) is 0. The monoisotopic (exact) mass is 445 g/mol. The smallest absolute Gasteiger partial charge is 0.407 e. The molecule has 0 spiro atoms. The summed E-state index contributed by atoms with van der Waals surface area (Å²) < 4.78 is 12.0. The topological polar surface area (TPSA) is 74.6 Å². The first-order valence-corrected chi connectivity index (χ1v) is 11.8. The van der Waals surface area contributed by atoms with Crippen LogP contribution in [0.2, 0.25) is 0 Å². The van der Waals surface area contributed by atoms with Crippen molar-refractivity contribution >= 4 is 6.09 Å². The highest BCUT2D eigenvalue weighted by Gasteiger charge is 2.41. The van der Waals surface area contributed by atoms with Gasteiger partial charge in [-0.1, -0.05) is 38.1 Å². The summed E-state index contributed by atoms with van der Waals surface area (Å²) >= 11 is 0. The zero-order valence-corrected chi connectivity index (χ0v) is 19.6. The van der Waals surface area contributed by atoms with Crippen LogP contribution in [0.15, 0.2) is 36.4 Å². The fraction of sp³-hybridized carbons (Fsp3) is 0.481. The van der Waals surface area contributed by atoms with Gasteiger partial charge in [-0.3, -0.25) is 4.90 Å². The van der Waals surface area contributed by atoms with Gasteiger partial charge in [0, 0.05) is 17.5 Å². The van der Waals surface area contributed by atoms with Crippen molar-refractivity contribution in [1.29, 1.82) is 5.26 Å². The van der Waals surface area contributed by atoms with Crippen molar-refractivity contribution in [3.63, 3.8) is 0 Å². The molecular weight excluding hydrogens is 414 g/mol. The van der Waals surface area contributed by atoms with Crippen LogP contribution >= 0.6 is 0 Å². The van der Waals surface area contributed by atoms with Crippen molar-refractivity contribution in [2.45, 2.75) is 45.8 Å². The number of aryl methyl sites for hydroxylation is 1. The van der Waals surface area contributed by atoms with E-state index < -0.39 is 0 Å². The second-order valence-corrected chi connectivity index (χ2v) is 10.3. The molecule has 3 fully saturated rings. The van der Waals surface area contributed by atoms with Gasteiger partial charge in [0.1, 0.15) is 11.9 Å². The summed E-state index contributed by atoms with van der Waals surface area (Å²) in [5.41, 5.74) is 4.26. The molecule has 33 heavy (non-hydrogen) atoms. The number of nitriles is 1. The molecule has 2 atom stereocenters. The van der Waals surface area contributed by atoms with Gasteiger partial charge in [0.2, 0.25) is 0 Å². The lowest BCUT2D eigenvalue weighted by molar-refractivity contribution is -0.0361. The lowest BCUT2D eigenvalue weighted by Crippen LogP contribution is -2.53. The number of fused-ring (bicyclic) bond motifs is 4. The summed E-state index contributed by atoms with van der Waals surface area (Å²) in [6.45, 7) is 9.70. The SMILES string of the molecule is Cc1ccc(-c2ccc3c(c2)OCC(C)(C)C3NC(=O)O[C@@H]2CN3CCC2CC3)cc1C#N. The number of benzene rings is 2. The summed E-state index contributed by atoms with van der Waals surface area (Å²) in [5, 5.41) is 12.5. The van der Waals surface area contributed by atoms with Crippen molar-refractivity contribution in [2.75, 3.05) is 26.2 Å². The number of carbonyl (C=O) groups is 1. The standard InChI is InChI=1S/C27H31N3O3/c1-17-4-5-19(12-21(17)14-28)20-6-7-22-23(13-20)32-16-27(2,3)25(22)29-26(31)33-24-15-30-10-8-18(24)9-11-30/h4-7,12-13,18,24-25H,8-11,15-16H2,1-3H3,(H,29,31)/t24-,25?/m1/s1. The minimum atomic E-state index is -0.346. The normalized spacial score (nSPS) is 27.1. The third-order valence-corrected chi connectivity index (χ3v) is 7.51. The van der Waals surface area contributed by atoms with Gasteiger partial charge in [0.25, 0.3) is 0 Å². The van der Waals surface area contributed by atoms with Crippen LogP contribution in [0.4, 0.5) is 4.79 Å². The molecule has 0 aliphatic carbocycles. The molecule has 0 radical (unpaired) electrons. The van der Waals surface area contributed by atoms with E-state index in [9.17, 15) is 10.1 Å². The number of hydrogen-bond acceptors (Lipinski definition) is 5. The van der Waals surface area contributed by atoms with Gasteiger partial charge in [-0.25, -0.2) is 4.79 Å². The maximum Gasteiger partial charge on any atom is 0.407 e. The molecule has 6 rings (SSSR count). The Kier molecular flexibility index (Phi) is 5.54. The maximum absolute atomic E-state index is 12.9. The fourth-order valence-corrected chi connectivity index (χ4v) is 5.37. The molecule has 2 aromatic carbocycles. The first-order chi connectivity index (χ1) is 15.8. The van der Waals surface area contributed by atoms with Crippen LogP contribution in [0.1, 0.15) is 49.4 Å². The van der Waals surface area contributed by atoms with Gasteiger partial charge < -0.3 is 14.8 Å². The van der Waals surface area contributed by atoms with Crippen molar-refractivity contribution < 1.29 is 14.3 Å². The van der Waals surface area contributed by atoms with E-state index in [-0.39, 0.29) is 23.7 Å². The maximum atomic E-state index is 12.9. The number of amides is 1. The Morgan fingerprint density at radius 2 is 1.91 bits per heavy atom. The molecule has 1 N–H and O–H groups in total. The van der Waals surface area contributed by atoms with E-state index in [2.05, 4.69) is 30.1 Å². The van der Waals surface area contributed by atoms with Gasteiger partial charge >= 0.3 is 6.09 Å². The van der Waals surface area contributed by atoms with Crippen molar-refractivity contribution in [3.8, 4) is 22.9 Å². The summed E-state index contributed by atoms with van der Waals surface area (Å²) in [5.74, 6) is 1.24. The van der Waals surface area contributed by atoms with Gasteiger partial charge in [-0.15, -0.1) is 0 Å². The first-order valence-electron chi connectivity index (χ1n) is 11.8. The molecule has 4 aliphatic heterocycles. The van der Waals surface area contributed by atoms with Crippen LogP contribution in [0, 0.1) is 29.6 Å². The third kappa shape index (κ3) is 4.18. The second kappa shape index (κ2) is 8.39. The number of rotatable bonds is 3. The molecule has 1 amide bonds. The van der Waals surface area contributed by atoms with E-state index in [0.29, 0.717) is 18.1 Å². The molecule has 1 unspecified atom stereocenters. The minimum absolute atomic E-state index is 0.0202. The summed E-state index contributed by atoms with van der Waals surface area (Å²) in [6, 6.07) is 14.0. The van der Waals surface area contributed by atoms with Gasteiger partial charge in [0.05, 0.1) is 24.3 Å². The van der Waals surface area contributed by atoms with Crippen LogP contribution in [-0.4, -0.2) is 43.3 Å². The quantitative estimate of drug-likeness (QED) is 0.734. The molecular formula is C27H31N3O3. The number of nitrogens with zero attached hydrogens (tertiary/aromatic N) is 2. The second-order valence-electron chi connectivity index (χ2n) is 10.3. The Labute approximate surface area is 195 Å². The minimum Gasteiger partial charge on any atom is -0.493 e. The molecule has 3 saturated heterocycles. The highest BCUT2D eigenvalue weighted by molar-refractivity contribution is 5.71. The highest BCUT2D eigenvalue weighted by Crippen LogP contribution is 2.44. The zero-order chi connectivity index (χ0) is 23.2. The Morgan fingerprint density at radius 3 is 2.61 bits per heavy atom. The number of ether oxygens (including phenoxy) is 2. The van der Waals surface area contributed by atoms with E-state index in [1.807, 2.05) is 43.3 Å². The van der Waals surface area contributed by atoms with E-state index in [4.69, 9.17) is 9.47 Å². The van der Waals surface area contributed by atoms with E-state index in [1.165, 1.54) is 0 Å². The molecule has 172 valence electrons. The van der Waals surface area contributed by atoms with Gasteiger partial charge in [-0.05, 0) is 67.6 Å². The van der Waals surface area contributed by atoms with Crippen molar-refractivity contribution in [2.24, 2.45) is 11.3 Å². The molecule has 4 heterocycles. The number of hydrogen-bond donors (Lipinski definition) is 1. The number of alkyl carbamates (subject to hydrolysis) is 1. The summed E-state index contributed by atoms with van der Waals surface area (Å²) in [6.07, 6.45) is 1.85. The van der Waals surface area contributed by atoms with Crippen LogP contribution in [0.5, 0.6) is 5.75 Å². The Bertz CT molecular complexity index is 1110. The van der Waals surface area contributed by atoms with E-state index >= 15 is 0 Å². The predicted octanol–water partition coefficient (Wildman–Crippen LogP) is 4.81.